The van der Waals surface area contributed by atoms with Crippen LogP contribution < -0.4 is 11.1 Å². The second-order valence-electron chi connectivity index (χ2n) is 7.23. The lowest BCUT2D eigenvalue weighted by Gasteiger charge is -2.26. The van der Waals surface area contributed by atoms with E-state index in [0.29, 0.717) is 17.4 Å². The lowest BCUT2D eigenvalue weighted by Crippen LogP contribution is -2.31. The molecule has 4 rings (SSSR count). The quantitative estimate of drug-likeness (QED) is 0.655. The third kappa shape index (κ3) is 4.66. The Hall–Kier alpha value is -2.51. The number of rotatable bonds is 6. The molecule has 0 radical (unpaired) electrons. The molecule has 0 unspecified atom stereocenters. The molecule has 1 saturated heterocycles. The third-order valence-corrected chi connectivity index (χ3v) is 6.01. The predicted octanol–water partition coefficient (Wildman–Crippen LogP) is 4.15. The van der Waals surface area contributed by atoms with Gasteiger partial charge in [0.1, 0.15) is 5.82 Å². The van der Waals surface area contributed by atoms with Crippen LogP contribution in [0.3, 0.4) is 0 Å². The molecule has 28 heavy (non-hydrogen) atoms. The normalized spacial score (nSPS) is 15.0. The number of piperidine rings is 1. The third-order valence-electron chi connectivity index (χ3n) is 5.08. The van der Waals surface area contributed by atoms with Gasteiger partial charge in [0.25, 0.3) is 0 Å². The lowest BCUT2D eigenvalue weighted by molar-refractivity contribution is -0.116. The van der Waals surface area contributed by atoms with Gasteiger partial charge >= 0.3 is 0 Å². The zero-order valence-corrected chi connectivity index (χ0v) is 16.7. The van der Waals surface area contributed by atoms with E-state index in [0.717, 1.165) is 34.3 Å². The van der Waals surface area contributed by atoms with Crippen molar-refractivity contribution in [3.8, 4) is 11.1 Å². The molecule has 3 aromatic rings. The SMILES string of the molecule is Nc1ccc(-c2ccc3nc(NC(=O)CCCN4CCCCC4)sc3c2)cn1. The maximum Gasteiger partial charge on any atom is 0.226 e. The number of nitrogens with one attached hydrogen (secondary N) is 1. The van der Waals surface area contributed by atoms with Crippen molar-refractivity contribution in [3.63, 3.8) is 0 Å². The maximum absolute atomic E-state index is 12.3. The van der Waals surface area contributed by atoms with Crippen LogP contribution in [-0.2, 0) is 4.79 Å². The van der Waals surface area contributed by atoms with Gasteiger partial charge < -0.3 is 16.0 Å². The van der Waals surface area contributed by atoms with Gasteiger partial charge in [0.05, 0.1) is 10.2 Å². The van der Waals surface area contributed by atoms with Gasteiger partial charge in [-0.15, -0.1) is 0 Å². The second-order valence-corrected chi connectivity index (χ2v) is 8.26. The summed E-state index contributed by atoms with van der Waals surface area (Å²) in [6.07, 6.45) is 7.10. The van der Waals surface area contributed by atoms with E-state index < -0.39 is 0 Å². The Labute approximate surface area is 168 Å². The minimum absolute atomic E-state index is 0.0408. The molecule has 1 aliphatic rings. The highest BCUT2D eigenvalue weighted by molar-refractivity contribution is 7.22. The number of amides is 1. The topological polar surface area (TPSA) is 84.1 Å². The number of carbonyl (C=O) groups is 1. The Balaban J connectivity index is 1.36. The Bertz CT molecular complexity index is 947. The number of aromatic nitrogens is 2. The largest absolute Gasteiger partial charge is 0.384 e. The van der Waals surface area contributed by atoms with Crippen molar-refractivity contribution in [2.75, 3.05) is 30.7 Å². The number of nitrogens with zero attached hydrogens (tertiary/aromatic N) is 3. The standard InChI is InChI=1S/C21H25N5OS/c22-19-9-7-16(14-23-19)15-6-8-17-18(13-15)28-21(24-17)25-20(27)5-4-12-26-10-2-1-3-11-26/h6-9,13-14H,1-5,10-12H2,(H2,22,23)(H,24,25,27). The second kappa shape index (κ2) is 8.67. The van der Waals surface area contributed by atoms with Crippen molar-refractivity contribution < 1.29 is 4.79 Å². The van der Waals surface area contributed by atoms with E-state index in [4.69, 9.17) is 5.73 Å². The molecule has 1 fully saturated rings. The molecular formula is C21H25N5OS. The Morgan fingerprint density at radius 3 is 2.75 bits per heavy atom. The molecule has 3 N–H and O–H groups in total. The molecule has 6 nitrogen and oxygen atoms in total. The van der Waals surface area contributed by atoms with Crippen LogP contribution in [0.2, 0.25) is 0 Å². The highest BCUT2D eigenvalue weighted by Crippen LogP contribution is 2.30. The van der Waals surface area contributed by atoms with Crippen molar-refractivity contribution >= 4 is 38.4 Å². The fourth-order valence-electron chi connectivity index (χ4n) is 3.56. The zero-order chi connectivity index (χ0) is 19.3. The zero-order valence-electron chi connectivity index (χ0n) is 15.9. The van der Waals surface area contributed by atoms with Crippen molar-refractivity contribution in [1.82, 2.24) is 14.9 Å². The number of hydrogen-bond donors (Lipinski definition) is 2. The Morgan fingerprint density at radius 2 is 1.96 bits per heavy atom. The molecule has 0 saturated carbocycles. The van der Waals surface area contributed by atoms with Crippen LogP contribution in [-0.4, -0.2) is 40.4 Å². The van der Waals surface area contributed by atoms with Crippen LogP contribution >= 0.6 is 11.3 Å². The van der Waals surface area contributed by atoms with Crippen LogP contribution in [0.25, 0.3) is 21.3 Å². The van der Waals surface area contributed by atoms with Gasteiger partial charge in [-0.2, -0.15) is 0 Å². The first-order valence-corrected chi connectivity index (χ1v) is 10.6. The molecule has 0 bridgehead atoms. The fourth-order valence-corrected chi connectivity index (χ4v) is 4.48. The van der Waals surface area contributed by atoms with Gasteiger partial charge in [0, 0.05) is 18.2 Å². The summed E-state index contributed by atoms with van der Waals surface area (Å²) in [5.41, 5.74) is 8.62. The summed E-state index contributed by atoms with van der Waals surface area (Å²) in [5.74, 6) is 0.548. The van der Waals surface area contributed by atoms with Crippen LogP contribution in [0.4, 0.5) is 10.9 Å². The van der Waals surface area contributed by atoms with Crippen molar-refractivity contribution in [2.24, 2.45) is 0 Å². The van der Waals surface area contributed by atoms with E-state index in [1.165, 1.54) is 43.7 Å². The van der Waals surface area contributed by atoms with E-state index in [1.54, 1.807) is 12.3 Å². The Kier molecular flexibility index (Phi) is 5.83. The maximum atomic E-state index is 12.3. The summed E-state index contributed by atoms with van der Waals surface area (Å²) < 4.78 is 1.04. The molecule has 1 aliphatic heterocycles. The van der Waals surface area contributed by atoms with Gasteiger partial charge in [0.15, 0.2) is 5.13 Å². The van der Waals surface area contributed by atoms with Crippen molar-refractivity contribution in [1.29, 1.82) is 0 Å². The van der Waals surface area contributed by atoms with E-state index in [2.05, 4.69) is 26.3 Å². The molecule has 0 atom stereocenters. The van der Waals surface area contributed by atoms with Gasteiger partial charge in [-0.05, 0) is 68.7 Å². The Morgan fingerprint density at radius 1 is 1.14 bits per heavy atom. The summed E-state index contributed by atoms with van der Waals surface area (Å²) in [4.78, 5) is 23.4. The summed E-state index contributed by atoms with van der Waals surface area (Å²) >= 11 is 1.50. The van der Waals surface area contributed by atoms with Gasteiger partial charge in [-0.3, -0.25) is 4.79 Å². The smallest absolute Gasteiger partial charge is 0.226 e. The summed E-state index contributed by atoms with van der Waals surface area (Å²) in [6.45, 7) is 3.35. The number of likely N-dealkylation sites (tertiary alicyclic amines) is 1. The molecule has 0 aliphatic carbocycles. The number of anilines is 2. The van der Waals surface area contributed by atoms with Crippen molar-refractivity contribution in [2.45, 2.75) is 32.1 Å². The van der Waals surface area contributed by atoms with Gasteiger partial charge in [-0.25, -0.2) is 9.97 Å². The highest BCUT2D eigenvalue weighted by atomic mass is 32.1. The number of nitrogens with two attached hydrogens (primary N) is 1. The van der Waals surface area contributed by atoms with Crippen LogP contribution in [0.15, 0.2) is 36.5 Å². The number of nitrogen functional groups attached to an aromatic ring is 1. The number of benzene rings is 1. The van der Waals surface area contributed by atoms with Crippen molar-refractivity contribution in [3.05, 3.63) is 36.5 Å². The number of hydrogen-bond acceptors (Lipinski definition) is 6. The van der Waals surface area contributed by atoms with Gasteiger partial charge in [-0.1, -0.05) is 23.8 Å². The number of carbonyl (C=O) groups excluding carboxylic acids is 1. The molecule has 0 spiro atoms. The fraction of sp³-hybridized carbons (Fsp3) is 0.381. The van der Waals surface area contributed by atoms with E-state index in [9.17, 15) is 4.79 Å². The summed E-state index contributed by atoms with van der Waals surface area (Å²) in [7, 11) is 0. The molecule has 7 heteroatoms. The predicted molar refractivity (Wildman–Crippen MR) is 115 cm³/mol. The number of thiazole rings is 1. The van der Waals surface area contributed by atoms with Crippen LogP contribution in [0, 0.1) is 0 Å². The van der Waals surface area contributed by atoms with Gasteiger partial charge in [0.2, 0.25) is 5.91 Å². The lowest BCUT2D eigenvalue weighted by atomic mass is 10.1. The molecule has 1 amide bonds. The monoisotopic (exact) mass is 395 g/mol. The minimum atomic E-state index is 0.0408. The van der Waals surface area contributed by atoms with Crippen LogP contribution in [0.5, 0.6) is 0 Å². The average molecular weight is 396 g/mol. The summed E-state index contributed by atoms with van der Waals surface area (Å²) in [5, 5.41) is 3.61. The number of fused-ring (bicyclic) bond motifs is 1. The average Bonchev–Trinajstić information content (AvgIpc) is 3.10. The van der Waals surface area contributed by atoms with Crippen LogP contribution in [0.1, 0.15) is 32.1 Å². The first-order valence-electron chi connectivity index (χ1n) is 9.82. The molecule has 2 aromatic heterocycles. The highest BCUT2D eigenvalue weighted by Gasteiger charge is 2.12. The van der Waals surface area contributed by atoms with E-state index >= 15 is 0 Å². The molecular weight excluding hydrogens is 370 g/mol. The van der Waals surface area contributed by atoms with E-state index in [1.807, 2.05) is 18.2 Å². The number of pyridine rings is 1. The van der Waals surface area contributed by atoms with E-state index in [-0.39, 0.29) is 5.91 Å². The molecule has 1 aromatic carbocycles. The first kappa shape index (κ1) is 18.8. The molecule has 3 heterocycles. The summed E-state index contributed by atoms with van der Waals surface area (Å²) in [6, 6.07) is 9.81. The molecule has 146 valence electrons. The minimum Gasteiger partial charge on any atom is -0.384 e. The first-order chi connectivity index (χ1) is 13.7.